The highest BCUT2D eigenvalue weighted by Gasteiger charge is 2.44. The van der Waals surface area contributed by atoms with Gasteiger partial charge in [-0.2, -0.15) is 0 Å². The molecule has 4 atom stereocenters. The number of thiazole rings is 1. The van der Waals surface area contributed by atoms with Gasteiger partial charge in [-0.3, -0.25) is 19.2 Å². The fourth-order valence-electron chi connectivity index (χ4n) is 10.1. The van der Waals surface area contributed by atoms with Gasteiger partial charge in [0.2, 0.25) is 17.7 Å². The SMILES string of the molecule is CCN(c1cc(-c2ccc(OCCCCOCC(=O)N[C@H](C(=O)N3C[C@H](O)C[C@H]3C(=O)NCc3ccc(-c4scnc4C)cc3)C(C)(C)C)cc2)cc(C(C)NCc2c(C)cc(C)[nH]c2=O)c1C)C1CCOCC1. The number of aryl methyl sites for hydroxylation is 3. The summed E-state index contributed by atoms with van der Waals surface area (Å²) in [6.45, 7) is 21.7. The summed E-state index contributed by atoms with van der Waals surface area (Å²) in [5.74, 6) is -0.472. The van der Waals surface area contributed by atoms with E-state index in [1.807, 2.05) is 89.5 Å². The third-order valence-corrected chi connectivity index (χ3v) is 15.3. The number of aromatic amines is 1. The van der Waals surface area contributed by atoms with E-state index in [0.29, 0.717) is 38.6 Å². The Morgan fingerprint density at radius 1 is 0.946 bits per heavy atom. The molecule has 2 fully saturated rings. The van der Waals surface area contributed by atoms with E-state index in [1.54, 1.807) is 11.3 Å². The van der Waals surface area contributed by atoms with E-state index in [0.717, 1.165) is 88.0 Å². The molecule has 15 nitrogen and oxygen atoms in total. The first kappa shape index (κ1) is 55.8. The van der Waals surface area contributed by atoms with Crippen LogP contribution in [0.1, 0.15) is 112 Å². The Hall–Kier alpha value is -5.91. The zero-order chi connectivity index (χ0) is 53.1. The lowest BCUT2D eigenvalue weighted by Crippen LogP contribution is -2.58. The Morgan fingerprint density at radius 3 is 2.31 bits per heavy atom. The van der Waals surface area contributed by atoms with Crippen LogP contribution in [0, 0.1) is 33.1 Å². The number of likely N-dealkylation sites (tertiary alicyclic amines) is 1. The second-order valence-corrected chi connectivity index (χ2v) is 21.8. The van der Waals surface area contributed by atoms with E-state index in [9.17, 15) is 24.3 Å². The summed E-state index contributed by atoms with van der Waals surface area (Å²) in [6, 6.07) is 21.2. The molecule has 0 spiro atoms. The van der Waals surface area contributed by atoms with Crippen molar-refractivity contribution in [2.45, 2.75) is 138 Å². The number of carbonyl (C=O) groups excluding carboxylic acids is 3. The van der Waals surface area contributed by atoms with E-state index in [-0.39, 0.29) is 43.6 Å². The second kappa shape index (κ2) is 25.6. The lowest BCUT2D eigenvalue weighted by Gasteiger charge is -2.37. The number of rotatable bonds is 22. The number of aliphatic hydroxyl groups is 1. The number of anilines is 1. The number of hydrogen-bond donors (Lipinski definition) is 5. The quantitative estimate of drug-likeness (QED) is 0.0421. The average Bonchev–Trinajstić information content (AvgIpc) is 4.00. The minimum Gasteiger partial charge on any atom is -0.494 e. The Balaban J connectivity index is 0.887. The van der Waals surface area contributed by atoms with Crippen molar-refractivity contribution in [2.75, 3.05) is 51.0 Å². The number of carbonyl (C=O) groups is 3. The van der Waals surface area contributed by atoms with Crippen LogP contribution in [-0.4, -0.2) is 108 Å². The van der Waals surface area contributed by atoms with E-state index < -0.39 is 35.4 Å². The molecule has 7 rings (SSSR count). The number of unbranched alkanes of at least 4 members (excludes halogenated alkanes) is 1. The molecule has 3 aromatic carbocycles. The highest BCUT2D eigenvalue weighted by molar-refractivity contribution is 7.13. The molecule has 16 heteroatoms. The molecule has 3 amide bonds. The molecule has 4 heterocycles. The summed E-state index contributed by atoms with van der Waals surface area (Å²) >= 11 is 1.58. The smallest absolute Gasteiger partial charge is 0.252 e. The van der Waals surface area contributed by atoms with Crippen LogP contribution in [0.3, 0.4) is 0 Å². The molecule has 398 valence electrons. The summed E-state index contributed by atoms with van der Waals surface area (Å²) in [5, 5.41) is 20.1. The number of amides is 3. The van der Waals surface area contributed by atoms with Crippen LogP contribution >= 0.6 is 11.3 Å². The summed E-state index contributed by atoms with van der Waals surface area (Å²) in [6.07, 6.45) is 2.56. The Labute approximate surface area is 440 Å². The third-order valence-electron chi connectivity index (χ3n) is 14.3. The topological polar surface area (TPSA) is 187 Å². The molecule has 1 unspecified atom stereocenters. The van der Waals surface area contributed by atoms with Gasteiger partial charge in [-0.15, -0.1) is 11.3 Å². The molecular formula is C58H77N7O8S. The zero-order valence-corrected chi connectivity index (χ0v) is 45.6. The van der Waals surface area contributed by atoms with Gasteiger partial charge in [0.25, 0.3) is 5.56 Å². The number of aromatic nitrogens is 2. The fraction of sp³-hybridized carbons (Fsp3) is 0.500. The summed E-state index contributed by atoms with van der Waals surface area (Å²) in [5.41, 5.74) is 12.4. The Bertz CT molecular complexity index is 2750. The number of nitrogens with one attached hydrogen (secondary N) is 4. The van der Waals surface area contributed by atoms with Crippen LogP contribution < -0.4 is 31.1 Å². The van der Waals surface area contributed by atoms with Crippen molar-refractivity contribution in [3.05, 3.63) is 122 Å². The fourth-order valence-corrected chi connectivity index (χ4v) is 10.9. The molecule has 0 aliphatic carbocycles. The lowest BCUT2D eigenvalue weighted by molar-refractivity contribution is -0.144. The Morgan fingerprint density at radius 2 is 1.65 bits per heavy atom. The van der Waals surface area contributed by atoms with Gasteiger partial charge in [-0.25, -0.2) is 4.98 Å². The van der Waals surface area contributed by atoms with Gasteiger partial charge >= 0.3 is 0 Å². The molecule has 2 aliphatic rings. The molecule has 2 aromatic heterocycles. The van der Waals surface area contributed by atoms with Gasteiger partial charge in [0, 0.05) is 81.4 Å². The van der Waals surface area contributed by atoms with E-state index in [4.69, 9.17) is 14.2 Å². The molecule has 0 radical (unpaired) electrons. The first-order valence-corrected chi connectivity index (χ1v) is 27.1. The van der Waals surface area contributed by atoms with Crippen molar-refractivity contribution < 1.29 is 33.7 Å². The van der Waals surface area contributed by atoms with Crippen LogP contribution in [0.4, 0.5) is 5.69 Å². The largest absolute Gasteiger partial charge is 0.494 e. The molecule has 0 saturated carbocycles. The van der Waals surface area contributed by atoms with Crippen LogP contribution in [0.2, 0.25) is 0 Å². The highest BCUT2D eigenvalue weighted by atomic mass is 32.1. The number of hydrogen-bond acceptors (Lipinski definition) is 12. The first-order valence-electron chi connectivity index (χ1n) is 26.2. The lowest BCUT2D eigenvalue weighted by atomic mass is 9.85. The highest BCUT2D eigenvalue weighted by Crippen LogP contribution is 2.37. The van der Waals surface area contributed by atoms with E-state index in [1.165, 1.54) is 21.7 Å². The molecule has 5 N–H and O–H groups in total. The van der Waals surface area contributed by atoms with Gasteiger partial charge in [0.05, 0.1) is 28.8 Å². The number of benzene rings is 3. The van der Waals surface area contributed by atoms with Crippen LogP contribution in [0.25, 0.3) is 21.6 Å². The Kier molecular flexibility index (Phi) is 19.3. The van der Waals surface area contributed by atoms with Gasteiger partial charge in [-0.1, -0.05) is 57.2 Å². The van der Waals surface area contributed by atoms with Crippen LogP contribution in [-0.2, 0) is 36.9 Å². The number of ether oxygens (including phenoxy) is 3. The van der Waals surface area contributed by atoms with Crippen molar-refractivity contribution in [1.29, 1.82) is 0 Å². The maximum absolute atomic E-state index is 14.1. The van der Waals surface area contributed by atoms with Crippen molar-refractivity contribution in [2.24, 2.45) is 5.41 Å². The number of nitrogens with zero attached hydrogens (tertiary/aromatic N) is 3. The number of H-pyrrole nitrogens is 1. The summed E-state index contributed by atoms with van der Waals surface area (Å²) < 4.78 is 17.6. The summed E-state index contributed by atoms with van der Waals surface area (Å²) in [7, 11) is 0. The number of aliphatic hydroxyl groups excluding tert-OH is 1. The maximum Gasteiger partial charge on any atom is 0.252 e. The normalized spacial score (nSPS) is 17.0. The molecule has 5 aromatic rings. The zero-order valence-electron chi connectivity index (χ0n) is 44.8. The first-order chi connectivity index (χ1) is 35.4. The minimum absolute atomic E-state index is 0.00714. The molecule has 74 heavy (non-hydrogen) atoms. The predicted molar refractivity (Wildman–Crippen MR) is 292 cm³/mol. The molecule has 2 aliphatic heterocycles. The van der Waals surface area contributed by atoms with Crippen molar-refractivity contribution in [3.63, 3.8) is 0 Å². The molecular weight excluding hydrogens is 955 g/mol. The monoisotopic (exact) mass is 1030 g/mol. The number of β-amino-alcohol motifs (C(OH)–C–C–N with tert-alkyl or cyclic N) is 1. The van der Waals surface area contributed by atoms with Gasteiger partial charge in [0.15, 0.2) is 0 Å². The minimum atomic E-state index is -0.951. The van der Waals surface area contributed by atoms with E-state index >= 15 is 0 Å². The summed E-state index contributed by atoms with van der Waals surface area (Å²) in [4.78, 5) is 66.0. The van der Waals surface area contributed by atoms with Crippen molar-refractivity contribution in [1.82, 2.24) is 30.8 Å². The van der Waals surface area contributed by atoms with E-state index in [2.05, 4.69) is 75.9 Å². The van der Waals surface area contributed by atoms with Crippen molar-refractivity contribution >= 4 is 34.7 Å². The van der Waals surface area contributed by atoms with Gasteiger partial charge < -0.3 is 50.1 Å². The maximum atomic E-state index is 14.1. The molecule has 0 bridgehead atoms. The second-order valence-electron chi connectivity index (χ2n) is 21.0. The van der Waals surface area contributed by atoms with Gasteiger partial charge in [0.1, 0.15) is 24.4 Å². The number of pyridine rings is 1. The van der Waals surface area contributed by atoms with Crippen molar-refractivity contribution in [3.8, 4) is 27.3 Å². The van der Waals surface area contributed by atoms with Gasteiger partial charge in [-0.05, 0) is 142 Å². The predicted octanol–water partition coefficient (Wildman–Crippen LogP) is 8.24. The molecule has 2 saturated heterocycles. The van der Waals surface area contributed by atoms with Crippen LogP contribution in [0.15, 0.2) is 77.0 Å². The third kappa shape index (κ3) is 14.3. The van der Waals surface area contributed by atoms with Crippen LogP contribution in [0.5, 0.6) is 5.75 Å². The average molecular weight is 1030 g/mol. The standard InChI is InChI=1S/C58H77N7O8S/c1-10-64(45-21-25-71-26-22-45)50-29-44(28-48(38(50)4)39(5)59-32-49-36(2)27-37(3)62-55(49)68)42-17-19-47(20-18-42)73-24-12-11-23-72-34-52(67)63-54(58(7,8)9)57(70)65-33-46(66)30-51(65)56(69)60-31-41-13-15-43(16-14-41)53-40(6)61-35-74-53/h13-20,27-29,35,39,45-46,51,54,59,66H,10-12,21-26,30-34H2,1-9H3,(H,60,69)(H,62,68)(H,63,67)/t39?,46-,51+,54-/m1/s1.